The number of carbonyl (C=O) groups is 2. The van der Waals surface area contributed by atoms with E-state index in [1.807, 2.05) is 18.2 Å². The summed E-state index contributed by atoms with van der Waals surface area (Å²) in [6, 6.07) is 8.11. The molecule has 2 atom stereocenters. The first-order chi connectivity index (χ1) is 15.5. The molecule has 0 spiro atoms. The molecule has 176 valence electrons. The van der Waals surface area contributed by atoms with Crippen LogP contribution in [0.1, 0.15) is 33.1 Å². The van der Waals surface area contributed by atoms with Gasteiger partial charge in [0.1, 0.15) is 0 Å². The lowest BCUT2D eigenvalue weighted by Crippen LogP contribution is -2.52. The van der Waals surface area contributed by atoms with Gasteiger partial charge in [0.05, 0.1) is 24.5 Å². The van der Waals surface area contributed by atoms with Gasteiger partial charge in [-0.25, -0.2) is 0 Å². The van der Waals surface area contributed by atoms with Crippen molar-refractivity contribution in [1.29, 1.82) is 0 Å². The van der Waals surface area contributed by atoms with Gasteiger partial charge >= 0.3 is 0 Å². The number of rotatable bonds is 6. The Balaban J connectivity index is 1.21. The maximum atomic E-state index is 12.8. The Morgan fingerprint density at radius 2 is 1.47 bits per heavy atom. The number of hydrogen-bond acceptors (Lipinski definition) is 5. The summed E-state index contributed by atoms with van der Waals surface area (Å²) in [5.41, 5.74) is 2.04. The number of hydrogen-bond donors (Lipinski definition) is 1. The van der Waals surface area contributed by atoms with Crippen molar-refractivity contribution in [2.75, 3.05) is 75.7 Å². The molecule has 0 saturated carbocycles. The Morgan fingerprint density at radius 1 is 0.875 bits per heavy atom. The van der Waals surface area contributed by atoms with Crippen LogP contribution in [0.3, 0.4) is 0 Å². The molecule has 3 aliphatic rings. The van der Waals surface area contributed by atoms with Gasteiger partial charge in [-0.05, 0) is 43.2 Å². The molecule has 0 radical (unpaired) electrons. The zero-order chi connectivity index (χ0) is 22.5. The van der Waals surface area contributed by atoms with Crippen molar-refractivity contribution >= 4 is 23.2 Å². The van der Waals surface area contributed by atoms with Crippen LogP contribution in [0.2, 0.25) is 0 Å². The Labute approximate surface area is 192 Å². The number of carbonyl (C=O) groups excluding carboxylic acids is 2. The number of piperazine rings is 1. The van der Waals surface area contributed by atoms with Crippen molar-refractivity contribution in [3.8, 4) is 0 Å². The lowest BCUT2D eigenvalue weighted by molar-refractivity contribution is -0.135. The van der Waals surface area contributed by atoms with E-state index < -0.39 is 0 Å². The van der Waals surface area contributed by atoms with Crippen LogP contribution >= 0.6 is 0 Å². The average molecular weight is 442 g/mol. The molecular weight excluding hydrogens is 402 g/mol. The van der Waals surface area contributed by atoms with Crippen molar-refractivity contribution in [3.05, 3.63) is 24.3 Å². The fraction of sp³-hybridized carbons (Fsp3) is 0.680. The molecule has 7 heteroatoms. The summed E-state index contributed by atoms with van der Waals surface area (Å²) in [7, 11) is 0. The quantitative estimate of drug-likeness (QED) is 0.734. The highest BCUT2D eigenvalue weighted by molar-refractivity contribution is 5.95. The molecule has 3 heterocycles. The van der Waals surface area contributed by atoms with E-state index in [9.17, 15) is 9.59 Å². The second-order valence-corrected chi connectivity index (χ2v) is 10.1. The summed E-state index contributed by atoms with van der Waals surface area (Å²) in [6.45, 7) is 12.6. The lowest BCUT2D eigenvalue weighted by atomic mass is 9.92. The summed E-state index contributed by atoms with van der Waals surface area (Å²) in [5, 5.41) is 3.13. The Bertz CT molecular complexity index is 776. The number of para-hydroxylation sites is 2. The molecule has 1 aromatic carbocycles. The second-order valence-electron chi connectivity index (χ2n) is 10.1. The normalized spacial score (nSPS) is 25.2. The number of piperidine rings is 1. The van der Waals surface area contributed by atoms with Gasteiger partial charge in [0, 0.05) is 52.4 Å². The van der Waals surface area contributed by atoms with E-state index in [4.69, 9.17) is 0 Å². The highest BCUT2D eigenvalue weighted by Crippen LogP contribution is 2.28. The number of nitrogens with zero attached hydrogens (tertiary/aromatic N) is 4. The largest absolute Gasteiger partial charge is 0.370 e. The summed E-state index contributed by atoms with van der Waals surface area (Å²) in [5.74, 6) is 1.48. The average Bonchev–Trinajstić information content (AvgIpc) is 3.29. The summed E-state index contributed by atoms with van der Waals surface area (Å²) in [4.78, 5) is 34.3. The van der Waals surface area contributed by atoms with Gasteiger partial charge in [-0.15, -0.1) is 0 Å². The van der Waals surface area contributed by atoms with Gasteiger partial charge in [0.15, 0.2) is 0 Å². The lowest BCUT2D eigenvalue weighted by Gasteiger charge is -2.38. The minimum atomic E-state index is 0.0393. The highest BCUT2D eigenvalue weighted by Gasteiger charge is 2.28. The second kappa shape index (κ2) is 10.7. The monoisotopic (exact) mass is 441 g/mol. The topological polar surface area (TPSA) is 59.1 Å². The van der Waals surface area contributed by atoms with Crippen LogP contribution in [0, 0.1) is 11.8 Å². The molecule has 4 rings (SSSR count). The first-order valence-corrected chi connectivity index (χ1v) is 12.3. The van der Waals surface area contributed by atoms with Crippen LogP contribution in [0.25, 0.3) is 0 Å². The fourth-order valence-corrected chi connectivity index (χ4v) is 5.47. The summed E-state index contributed by atoms with van der Waals surface area (Å²) in [6.07, 6.45) is 3.64. The van der Waals surface area contributed by atoms with Gasteiger partial charge in [-0.2, -0.15) is 0 Å². The maximum Gasteiger partial charge on any atom is 0.238 e. The fourth-order valence-electron chi connectivity index (χ4n) is 5.47. The third-order valence-corrected chi connectivity index (χ3v) is 7.04. The SMILES string of the molecule is C[C@@H]1C[C@@H](C)CN(C(=O)CN2CCN(CC(=O)Nc3ccccc3N3CCCC3)CC2)C1. The maximum absolute atomic E-state index is 12.8. The number of benzene rings is 1. The van der Waals surface area contributed by atoms with Gasteiger partial charge in [-0.3, -0.25) is 19.4 Å². The Morgan fingerprint density at radius 3 is 2.12 bits per heavy atom. The third kappa shape index (κ3) is 6.01. The molecule has 0 aromatic heterocycles. The van der Waals surface area contributed by atoms with Gasteiger partial charge in [0.25, 0.3) is 0 Å². The smallest absolute Gasteiger partial charge is 0.238 e. The van der Waals surface area contributed by atoms with Crippen LogP contribution in [0.5, 0.6) is 0 Å². The minimum absolute atomic E-state index is 0.0393. The number of likely N-dealkylation sites (tertiary alicyclic amines) is 1. The van der Waals surface area contributed by atoms with Gasteiger partial charge in [-0.1, -0.05) is 26.0 Å². The van der Waals surface area contributed by atoms with Crippen LogP contribution in [0.4, 0.5) is 11.4 Å². The zero-order valence-corrected chi connectivity index (χ0v) is 19.8. The van der Waals surface area contributed by atoms with Crippen molar-refractivity contribution in [2.24, 2.45) is 11.8 Å². The predicted molar refractivity (Wildman–Crippen MR) is 129 cm³/mol. The summed E-state index contributed by atoms with van der Waals surface area (Å²) >= 11 is 0. The molecule has 3 fully saturated rings. The molecule has 0 aliphatic carbocycles. The molecule has 3 saturated heterocycles. The van der Waals surface area contributed by atoms with Crippen LogP contribution in [-0.4, -0.2) is 92.0 Å². The van der Waals surface area contributed by atoms with E-state index in [0.717, 1.165) is 63.7 Å². The first-order valence-electron chi connectivity index (χ1n) is 12.3. The van der Waals surface area contributed by atoms with Crippen LogP contribution < -0.4 is 10.2 Å². The molecule has 32 heavy (non-hydrogen) atoms. The van der Waals surface area contributed by atoms with E-state index >= 15 is 0 Å². The van der Waals surface area contributed by atoms with E-state index in [-0.39, 0.29) is 11.8 Å². The highest BCUT2D eigenvalue weighted by atomic mass is 16.2. The van der Waals surface area contributed by atoms with Crippen molar-refractivity contribution in [1.82, 2.24) is 14.7 Å². The van der Waals surface area contributed by atoms with E-state index in [1.54, 1.807) is 0 Å². The molecule has 1 aromatic rings. The van der Waals surface area contributed by atoms with Crippen molar-refractivity contribution in [2.45, 2.75) is 33.1 Å². The van der Waals surface area contributed by atoms with Crippen molar-refractivity contribution < 1.29 is 9.59 Å². The molecule has 0 unspecified atom stereocenters. The molecular formula is C25H39N5O2. The van der Waals surface area contributed by atoms with E-state index in [0.29, 0.717) is 24.9 Å². The van der Waals surface area contributed by atoms with Crippen molar-refractivity contribution in [3.63, 3.8) is 0 Å². The standard InChI is InChI=1S/C25H39N5O2/c1-20-15-21(2)17-30(16-20)25(32)19-28-13-11-27(12-14-28)18-24(31)26-22-7-3-4-8-23(22)29-9-5-6-10-29/h3-4,7-8,20-21H,5-6,9-19H2,1-2H3,(H,26,31)/t20-,21-/m1/s1. The Hall–Kier alpha value is -2.12. The minimum Gasteiger partial charge on any atom is -0.370 e. The van der Waals surface area contributed by atoms with Crippen LogP contribution in [0.15, 0.2) is 24.3 Å². The first kappa shape index (κ1) is 23.1. The summed E-state index contributed by atoms with van der Waals surface area (Å²) < 4.78 is 0. The molecule has 2 amide bonds. The zero-order valence-electron chi connectivity index (χ0n) is 19.8. The van der Waals surface area contributed by atoms with E-state index in [1.165, 1.54) is 19.3 Å². The van der Waals surface area contributed by atoms with E-state index in [2.05, 4.69) is 44.8 Å². The third-order valence-electron chi connectivity index (χ3n) is 7.04. The molecule has 0 bridgehead atoms. The molecule has 3 aliphatic heterocycles. The van der Waals surface area contributed by atoms with Crippen LogP contribution in [-0.2, 0) is 9.59 Å². The van der Waals surface area contributed by atoms with Gasteiger partial charge in [0.2, 0.25) is 11.8 Å². The number of anilines is 2. The molecule has 1 N–H and O–H groups in total. The molecule has 7 nitrogen and oxygen atoms in total. The Kier molecular flexibility index (Phi) is 7.68. The number of amides is 2. The number of nitrogens with one attached hydrogen (secondary N) is 1. The predicted octanol–water partition coefficient (Wildman–Crippen LogP) is 2.35. The van der Waals surface area contributed by atoms with Gasteiger partial charge < -0.3 is 15.1 Å².